The molecule has 0 atom stereocenters. The number of rotatable bonds is 6. The van der Waals surface area contributed by atoms with Crippen molar-refractivity contribution in [1.29, 1.82) is 0 Å². The summed E-state index contributed by atoms with van der Waals surface area (Å²) >= 11 is 0. The Hall–Kier alpha value is -2.02. The molecule has 0 aliphatic rings. The normalized spacial score (nSPS) is 13.0. The van der Waals surface area contributed by atoms with E-state index in [1.807, 2.05) is 13.8 Å². The van der Waals surface area contributed by atoms with Gasteiger partial charge in [0.15, 0.2) is 0 Å². The average molecular weight is 295 g/mol. The number of hydrogen-bond acceptors (Lipinski definition) is 1. The zero-order valence-corrected chi connectivity index (χ0v) is 14.9. The molecule has 1 N–H and O–H groups in total. The van der Waals surface area contributed by atoms with E-state index in [1.54, 1.807) is 0 Å². The van der Waals surface area contributed by atoms with Crippen molar-refractivity contribution in [3.05, 3.63) is 77.1 Å². The molecule has 1 heteroatoms. The van der Waals surface area contributed by atoms with Gasteiger partial charge in [-0.1, -0.05) is 44.7 Å². The van der Waals surface area contributed by atoms with Crippen LogP contribution in [-0.4, -0.2) is 0 Å². The van der Waals surface area contributed by atoms with Crippen molar-refractivity contribution in [2.24, 2.45) is 0 Å². The van der Waals surface area contributed by atoms with E-state index in [9.17, 15) is 0 Å². The minimum absolute atomic E-state index is 0.554. The van der Waals surface area contributed by atoms with Gasteiger partial charge in [-0.3, -0.25) is 0 Å². The van der Waals surface area contributed by atoms with Crippen LogP contribution in [0.15, 0.2) is 71.5 Å². The monoisotopic (exact) mass is 295 g/mol. The lowest BCUT2D eigenvalue weighted by atomic mass is 10.0. The lowest BCUT2D eigenvalue weighted by molar-refractivity contribution is 0.867. The van der Waals surface area contributed by atoms with Crippen molar-refractivity contribution >= 4 is 5.69 Å². The number of anilines is 1. The summed E-state index contributed by atoms with van der Waals surface area (Å²) in [6.45, 7) is 20.7. The molecule has 1 nitrogen and oxygen atoms in total. The van der Waals surface area contributed by atoms with E-state index >= 15 is 0 Å². The fourth-order valence-electron chi connectivity index (χ4n) is 2.13. The highest BCUT2D eigenvalue weighted by molar-refractivity contribution is 5.55. The van der Waals surface area contributed by atoms with Crippen LogP contribution in [-0.2, 0) is 0 Å². The predicted octanol–water partition coefficient (Wildman–Crippen LogP) is 6.59. The van der Waals surface area contributed by atoms with E-state index in [0.717, 1.165) is 28.1 Å². The molecule has 0 saturated heterocycles. The summed E-state index contributed by atoms with van der Waals surface area (Å²) < 4.78 is 0. The van der Waals surface area contributed by atoms with Crippen molar-refractivity contribution in [3.63, 3.8) is 0 Å². The highest BCUT2D eigenvalue weighted by atomic mass is 14.9. The van der Waals surface area contributed by atoms with E-state index in [0.29, 0.717) is 5.92 Å². The topological polar surface area (TPSA) is 12.0 Å². The Morgan fingerprint density at radius 1 is 0.955 bits per heavy atom. The van der Waals surface area contributed by atoms with Gasteiger partial charge in [-0.05, 0) is 74.1 Å². The van der Waals surface area contributed by atoms with Crippen molar-refractivity contribution in [3.8, 4) is 0 Å². The highest BCUT2D eigenvalue weighted by Crippen LogP contribution is 2.22. The SMILES string of the molecule is C=C(C)/C(C)=C\C(C(=C)C)=C(/C)Nc1ccc(C(C)C)cc1. The number of hydrogen-bond donors (Lipinski definition) is 1. The third-order valence-corrected chi connectivity index (χ3v) is 3.81. The van der Waals surface area contributed by atoms with Gasteiger partial charge < -0.3 is 5.32 Å². The molecule has 0 radical (unpaired) electrons. The predicted molar refractivity (Wildman–Crippen MR) is 100 cm³/mol. The largest absolute Gasteiger partial charge is 0.359 e. The molecule has 1 aromatic rings. The zero-order valence-electron chi connectivity index (χ0n) is 14.9. The quantitative estimate of drug-likeness (QED) is 0.583. The Bertz CT molecular complexity index is 610. The second-order valence-electron chi connectivity index (χ2n) is 6.33. The third-order valence-electron chi connectivity index (χ3n) is 3.81. The van der Waals surface area contributed by atoms with Crippen LogP contribution in [0.1, 0.15) is 53.0 Å². The molecule has 0 bridgehead atoms. The zero-order chi connectivity index (χ0) is 16.9. The van der Waals surface area contributed by atoms with E-state index in [2.05, 4.69) is 76.5 Å². The molecule has 118 valence electrons. The van der Waals surface area contributed by atoms with Crippen LogP contribution in [0.2, 0.25) is 0 Å². The maximum absolute atomic E-state index is 4.10. The second kappa shape index (κ2) is 7.84. The maximum atomic E-state index is 4.10. The Balaban J connectivity index is 3.08. The Morgan fingerprint density at radius 3 is 1.91 bits per heavy atom. The highest BCUT2D eigenvalue weighted by Gasteiger charge is 2.04. The van der Waals surface area contributed by atoms with Gasteiger partial charge in [-0.2, -0.15) is 0 Å². The fourth-order valence-corrected chi connectivity index (χ4v) is 2.13. The van der Waals surface area contributed by atoms with Crippen LogP contribution in [0, 0.1) is 0 Å². The molecule has 1 rings (SSSR count). The standard InChI is InChI=1S/C21H29N/c1-14(2)17(7)13-21(16(5)6)18(8)22-20-11-9-19(10-12-20)15(3)4/h9-13,15,22H,1,5H2,2-4,6-8H3/b17-13-,21-18-. The summed E-state index contributed by atoms with van der Waals surface area (Å²) in [4.78, 5) is 0. The molecule has 0 fully saturated rings. The first-order chi connectivity index (χ1) is 10.2. The van der Waals surface area contributed by atoms with Gasteiger partial charge in [0.05, 0.1) is 0 Å². The summed E-state index contributed by atoms with van der Waals surface area (Å²) in [7, 11) is 0. The molecule has 0 unspecified atom stereocenters. The molecule has 0 aromatic heterocycles. The van der Waals surface area contributed by atoms with Gasteiger partial charge in [-0.15, -0.1) is 0 Å². The van der Waals surface area contributed by atoms with Crippen molar-refractivity contribution in [2.75, 3.05) is 5.32 Å². The van der Waals surface area contributed by atoms with Gasteiger partial charge in [0.1, 0.15) is 0 Å². The van der Waals surface area contributed by atoms with E-state index in [4.69, 9.17) is 0 Å². The summed E-state index contributed by atoms with van der Waals surface area (Å²) in [5.41, 5.74) is 7.98. The molecule has 0 heterocycles. The summed E-state index contributed by atoms with van der Waals surface area (Å²) in [5, 5.41) is 3.48. The van der Waals surface area contributed by atoms with Crippen molar-refractivity contribution < 1.29 is 0 Å². The molecule has 0 saturated carbocycles. The maximum Gasteiger partial charge on any atom is 0.0382 e. The first-order valence-corrected chi connectivity index (χ1v) is 7.80. The lowest BCUT2D eigenvalue weighted by Crippen LogP contribution is -2.01. The van der Waals surface area contributed by atoms with Gasteiger partial charge in [0, 0.05) is 11.4 Å². The average Bonchev–Trinajstić information content (AvgIpc) is 2.44. The molecule has 0 aliphatic heterocycles. The molecule has 22 heavy (non-hydrogen) atoms. The van der Waals surface area contributed by atoms with Crippen LogP contribution in [0.3, 0.4) is 0 Å². The second-order valence-corrected chi connectivity index (χ2v) is 6.33. The Morgan fingerprint density at radius 2 is 1.50 bits per heavy atom. The Kier molecular flexibility index (Phi) is 6.42. The minimum Gasteiger partial charge on any atom is -0.359 e. The fraction of sp³-hybridized carbons (Fsp3) is 0.333. The van der Waals surface area contributed by atoms with E-state index in [-0.39, 0.29) is 0 Å². The third kappa shape index (κ3) is 5.07. The summed E-state index contributed by atoms with van der Waals surface area (Å²) in [5.74, 6) is 0.554. The smallest absolute Gasteiger partial charge is 0.0382 e. The Labute approximate surface area is 136 Å². The minimum atomic E-state index is 0.554. The van der Waals surface area contributed by atoms with Gasteiger partial charge in [-0.25, -0.2) is 0 Å². The van der Waals surface area contributed by atoms with Crippen molar-refractivity contribution in [1.82, 2.24) is 0 Å². The molecule has 1 aromatic carbocycles. The molecular weight excluding hydrogens is 266 g/mol. The molecule has 0 amide bonds. The number of nitrogens with one attached hydrogen (secondary N) is 1. The number of benzene rings is 1. The molecule has 0 aliphatic carbocycles. The first kappa shape index (κ1) is 18.0. The summed E-state index contributed by atoms with van der Waals surface area (Å²) in [6.07, 6.45) is 2.15. The molecular formula is C21H29N. The van der Waals surface area contributed by atoms with Gasteiger partial charge in [0.25, 0.3) is 0 Å². The van der Waals surface area contributed by atoms with Gasteiger partial charge in [0.2, 0.25) is 0 Å². The first-order valence-electron chi connectivity index (χ1n) is 7.80. The number of allylic oxidation sites excluding steroid dienone is 6. The van der Waals surface area contributed by atoms with Crippen LogP contribution >= 0.6 is 0 Å². The van der Waals surface area contributed by atoms with Crippen LogP contribution in [0.4, 0.5) is 5.69 Å². The lowest BCUT2D eigenvalue weighted by Gasteiger charge is -2.14. The van der Waals surface area contributed by atoms with Crippen LogP contribution in [0.25, 0.3) is 0 Å². The van der Waals surface area contributed by atoms with Gasteiger partial charge >= 0.3 is 0 Å². The molecule has 0 spiro atoms. The van der Waals surface area contributed by atoms with Crippen molar-refractivity contribution in [2.45, 2.75) is 47.5 Å². The van der Waals surface area contributed by atoms with Crippen LogP contribution in [0.5, 0.6) is 0 Å². The van der Waals surface area contributed by atoms with Crippen LogP contribution < -0.4 is 5.32 Å². The summed E-state index contributed by atoms with van der Waals surface area (Å²) in [6, 6.07) is 8.61. The van der Waals surface area contributed by atoms with E-state index in [1.165, 1.54) is 11.1 Å². The van der Waals surface area contributed by atoms with E-state index < -0.39 is 0 Å².